The lowest BCUT2D eigenvalue weighted by Crippen LogP contribution is -2.41. The molecule has 0 aliphatic carbocycles. The third-order valence-electron chi connectivity index (χ3n) is 5.28. The van der Waals surface area contributed by atoms with Crippen LogP contribution in [0.5, 0.6) is 0 Å². The van der Waals surface area contributed by atoms with Gasteiger partial charge in [-0.15, -0.1) is 0 Å². The number of H-pyrrole nitrogens is 1. The molecule has 0 spiro atoms. The average molecular weight is 408 g/mol. The first kappa shape index (κ1) is 20.2. The van der Waals surface area contributed by atoms with E-state index in [9.17, 15) is 4.79 Å². The fourth-order valence-corrected chi connectivity index (χ4v) is 3.81. The maximum absolute atomic E-state index is 12.4. The second kappa shape index (κ2) is 7.97. The van der Waals surface area contributed by atoms with Gasteiger partial charge in [0.05, 0.1) is 0 Å². The van der Waals surface area contributed by atoms with Gasteiger partial charge in [-0.2, -0.15) is 5.10 Å². The summed E-state index contributed by atoms with van der Waals surface area (Å²) in [5.74, 6) is 1.86. The molecule has 2 N–H and O–H groups in total. The van der Waals surface area contributed by atoms with Crippen molar-refractivity contribution in [3.63, 3.8) is 0 Å². The van der Waals surface area contributed by atoms with Crippen molar-refractivity contribution in [2.75, 3.05) is 18.4 Å². The Hall–Kier alpha value is -3.09. The number of fused-ring (bicyclic) bond motifs is 1. The molecule has 0 atom stereocenters. The maximum atomic E-state index is 12.4. The monoisotopic (exact) mass is 407 g/mol. The zero-order chi connectivity index (χ0) is 21.3. The summed E-state index contributed by atoms with van der Waals surface area (Å²) in [5.41, 5.74) is 1.57. The minimum atomic E-state index is -0.473. The molecule has 1 saturated heterocycles. The van der Waals surface area contributed by atoms with Crippen LogP contribution in [0, 0.1) is 6.92 Å². The zero-order valence-electron chi connectivity index (χ0n) is 18.0. The molecule has 1 fully saturated rings. The highest BCUT2D eigenvalue weighted by molar-refractivity contribution is 5.93. The SMILES string of the molecule is Cc1cc(Nc2nc(C3CCN(C(=O)OC(C)(C)C)CC3)cc3ccccc23)n[nH]1. The number of aromatic amines is 1. The number of piperidine rings is 1. The van der Waals surface area contributed by atoms with Gasteiger partial charge in [0.15, 0.2) is 5.82 Å². The molecule has 1 aliphatic heterocycles. The minimum absolute atomic E-state index is 0.233. The van der Waals surface area contributed by atoms with Crippen molar-refractivity contribution < 1.29 is 9.53 Å². The van der Waals surface area contributed by atoms with Crippen LogP contribution in [0.15, 0.2) is 36.4 Å². The first-order valence-corrected chi connectivity index (χ1v) is 10.5. The molecular formula is C23H29N5O2. The smallest absolute Gasteiger partial charge is 0.410 e. The van der Waals surface area contributed by atoms with Crippen molar-refractivity contribution >= 4 is 28.5 Å². The number of hydrogen-bond acceptors (Lipinski definition) is 5. The average Bonchev–Trinajstić information content (AvgIpc) is 3.11. The molecule has 158 valence electrons. The van der Waals surface area contributed by atoms with Crippen molar-refractivity contribution in [3.05, 3.63) is 47.8 Å². The maximum Gasteiger partial charge on any atom is 0.410 e. The van der Waals surface area contributed by atoms with Crippen LogP contribution in [0.25, 0.3) is 10.8 Å². The molecule has 3 heterocycles. The summed E-state index contributed by atoms with van der Waals surface area (Å²) in [6.07, 6.45) is 1.50. The summed E-state index contributed by atoms with van der Waals surface area (Å²) >= 11 is 0. The van der Waals surface area contributed by atoms with Crippen LogP contribution in [0.1, 0.15) is 50.9 Å². The number of ether oxygens (including phenoxy) is 1. The molecular weight excluding hydrogens is 378 g/mol. The summed E-state index contributed by atoms with van der Waals surface area (Å²) in [4.78, 5) is 19.1. The van der Waals surface area contributed by atoms with E-state index >= 15 is 0 Å². The Bertz CT molecular complexity index is 1050. The van der Waals surface area contributed by atoms with E-state index in [0.717, 1.165) is 46.6 Å². The predicted molar refractivity (Wildman–Crippen MR) is 118 cm³/mol. The number of carbonyl (C=O) groups is 1. The standard InChI is InChI=1S/C23H29N5O2/c1-15-13-20(27-26-15)25-21-18-8-6-5-7-17(18)14-19(24-21)16-9-11-28(12-10-16)22(29)30-23(2,3)4/h5-8,13-14,16H,9-12H2,1-4H3,(H2,24,25,26,27). The first-order chi connectivity index (χ1) is 14.3. The van der Waals surface area contributed by atoms with Gasteiger partial charge in [0, 0.05) is 41.8 Å². The molecule has 0 unspecified atom stereocenters. The van der Waals surface area contributed by atoms with Gasteiger partial charge in [0.25, 0.3) is 0 Å². The summed E-state index contributed by atoms with van der Waals surface area (Å²) in [6, 6.07) is 12.4. The molecule has 0 saturated carbocycles. The van der Waals surface area contributed by atoms with Crippen molar-refractivity contribution in [2.24, 2.45) is 0 Å². The molecule has 1 aliphatic rings. The van der Waals surface area contributed by atoms with Crippen LogP contribution in [0.3, 0.4) is 0 Å². The number of amides is 1. The van der Waals surface area contributed by atoms with E-state index in [-0.39, 0.29) is 6.09 Å². The number of rotatable bonds is 3. The Morgan fingerprint density at radius 2 is 1.93 bits per heavy atom. The molecule has 0 radical (unpaired) electrons. The molecule has 1 aromatic carbocycles. The second-order valence-electron chi connectivity index (χ2n) is 8.92. The molecule has 0 bridgehead atoms. The number of pyridine rings is 1. The Labute approximate surface area is 176 Å². The van der Waals surface area contributed by atoms with Gasteiger partial charge in [-0.3, -0.25) is 5.10 Å². The molecule has 3 aromatic rings. The van der Waals surface area contributed by atoms with Crippen molar-refractivity contribution in [3.8, 4) is 0 Å². The molecule has 30 heavy (non-hydrogen) atoms. The topological polar surface area (TPSA) is 83.1 Å². The van der Waals surface area contributed by atoms with Crippen molar-refractivity contribution in [1.82, 2.24) is 20.1 Å². The van der Waals surface area contributed by atoms with Crippen LogP contribution in [0.4, 0.5) is 16.4 Å². The van der Waals surface area contributed by atoms with Crippen LogP contribution in [0.2, 0.25) is 0 Å². The third kappa shape index (κ3) is 4.56. The second-order valence-corrected chi connectivity index (χ2v) is 8.92. The lowest BCUT2D eigenvalue weighted by molar-refractivity contribution is 0.0204. The Balaban J connectivity index is 1.54. The normalized spacial score (nSPS) is 15.4. The molecule has 2 aromatic heterocycles. The quantitative estimate of drug-likeness (QED) is 0.629. The predicted octanol–water partition coefficient (Wildman–Crippen LogP) is 5.12. The Morgan fingerprint density at radius 3 is 2.60 bits per heavy atom. The van der Waals surface area contributed by atoms with Crippen LogP contribution >= 0.6 is 0 Å². The van der Waals surface area contributed by atoms with E-state index in [1.807, 2.05) is 45.9 Å². The van der Waals surface area contributed by atoms with Gasteiger partial charge in [-0.1, -0.05) is 24.3 Å². The lowest BCUT2D eigenvalue weighted by Gasteiger charge is -2.33. The first-order valence-electron chi connectivity index (χ1n) is 10.5. The van der Waals surface area contributed by atoms with Crippen LogP contribution < -0.4 is 5.32 Å². The number of anilines is 2. The lowest BCUT2D eigenvalue weighted by atomic mass is 9.92. The van der Waals surface area contributed by atoms with Gasteiger partial charge in [-0.25, -0.2) is 9.78 Å². The largest absolute Gasteiger partial charge is 0.444 e. The Kier molecular flexibility index (Phi) is 5.37. The van der Waals surface area contributed by atoms with Gasteiger partial charge >= 0.3 is 6.09 Å². The number of nitrogens with zero attached hydrogens (tertiary/aromatic N) is 3. The van der Waals surface area contributed by atoms with Crippen molar-refractivity contribution in [1.29, 1.82) is 0 Å². The molecule has 7 nitrogen and oxygen atoms in total. The number of aryl methyl sites for hydroxylation is 1. The number of carbonyl (C=O) groups excluding carboxylic acids is 1. The van der Waals surface area contributed by atoms with E-state index in [0.29, 0.717) is 19.0 Å². The fourth-order valence-electron chi connectivity index (χ4n) is 3.81. The van der Waals surface area contributed by atoms with E-state index in [1.54, 1.807) is 4.90 Å². The summed E-state index contributed by atoms with van der Waals surface area (Å²) in [5, 5.41) is 12.8. The molecule has 1 amide bonds. The number of hydrogen-bond donors (Lipinski definition) is 2. The number of likely N-dealkylation sites (tertiary alicyclic amines) is 1. The van der Waals surface area contributed by atoms with E-state index < -0.39 is 5.60 Å². The van der Waals surface area contributed by atoms with Crippen molar-refractivity contribution in [2.45, 2.75) is 52.1 Å². The van der Waals surface area contributed by atoms with E-state index in [1.165, 1.54) is 0 Å². The molecule has 7 heteroatoms. The summed E-state index contributed by atoms with van der Waals surface area (Å²) in [7, 11) is 0. The summed E-state index contributed by atoms with van der Waals surface area (Å²) in [6.45, 7) is 9.01. The zero-order valence-corrected chi connectivity index (χ0v) is 18.0. The Morgan fingerprint density at radius 1 is 1.20 bits per heavy atom. The molecule has 4 rings (SSSR count). The number of benzene rings is 1. The van der Waals surface area contributed by atoms with E-state index in [4.69, 9.17) is 9.72 Å². The van der Waals surface area contributed by atoms with Gasteiger partial charge in [-0.05, 0) is 52.0 Å². The fraction of sp³-hybridized carbons (Fsp3) is 0.435. The van der Waals surface area contributed by atoms with Gasteiger partial charge < -0.3 is 15.0 Å². The van der Waals surface area contributed by atoms with E-state index in [2.05, 4.69) is 33.7 Å². The van der Waals surface area contributed by atoms with Crippen LogP contribution in [-0.4, -0.2) is 44.9 Å². The highest BCUT2D eigenvalue weighted by Crippen LogP contribution is 2.33. The van der Waals surface area contributed by atoms with Crippen LogP contribution in [-0.2, 0) is 4.74 Å². The minimum Gasteiger partial charge on any atom is -0.444 e. The third-order valence-corrected chi connectivity index (χ3v) is 5.28. The highest BCUT2D eigenvalue weighted by atomic mass is 16.6. The van der Waals surface area contributed by atoms with Gasteiger partial charge in [0.2, 0.25) is 0 Å². The highest BCUT2D eigenvalue weighted by Gasteiger charge is 2.28. The summed E-state index contributed by atoms with van der Waals surface area (Å²) < 4.78 is 5.51. The number of aromatic nitrogens is 3. The number of nitrogens with one attached hydrogen (secondary N) is 2. The van der Waals surface area contributed by atoms with Gasteiger partial charge in [0.1, 0.15) is 11.4 Å².